The van der Waals surface area contributed by atoms with Crippen LogP contribution >= 0.6 is 0 Å². The molecule has 114 valence electrons. The van der Waals surface area contributed by atoms with E-state index in [0.717, 1.165) is 68.4 Å². The molecule has 1 amide bonds. The Labute approximate surface area is 127 Å². The number of nitrogens with zero attached hydrogens (tertiary/aromatic N) is 1. The van der Waals surface area contributed by atoms with Gasteiger partial charge in [0, 0.05) is 19.6 Å². The zero-order chi connectivity index (χ0) is 14.8. The van der Waals surface area contributed by atoms with Gasteiger partial charge in [-0.05, 0) is 49.1 Å². The highest BCUT2D eigenvalue weighted by Crippen LogP contribution is 2.29. The van der Waals surface area contributed by atoms with Crippen molar-refractivity contribution in [3.8, 4) is 0 Å². The number of hydrogen-bond acceptors (Lipinski definition) is 2. The minimum absolute atomic E-state index is 0.212. The molecule has 1 aromatic carbocycles. The van der Waals surface area contributed by atoms with Gasteiger partial charge in [-0.2, -0.15) is 0 Å². The number of anilines is 1. The highest BCUT2D eigenvalue weighted by atomic mass is 16.2. The zero-order valence-electron chi connectivity index (χ0n) is 13.2. The van der Waals surface area contributed by atoms with Gasteiger partial charge in [-0.3, -0.25) is 4.79 Å². The Hall–Kier alpha value is -1.51. The summed E-state index contributed by atoms with van der Waals surface area (Å²) >= 11 is 0. The fraction of sp³-hybridized carbons (Fsp3) is 0.611. The number of benzene rings is 1. The molecule has 1 fully saturated rings. The van der Waals surface area contributed by atoms with E-state index in [1.165, 1.54) is 5.56 Å². The SMILES string of the molecule is CC(C)C1CCN(C(=O)c2cccc3c2NCCC3)CC1. The zero-order valence-corrected chi connectivity index (χ0v) is 13.2. The summed E-state index contributed by atoms with van der Waals surface area (Å²) in [4.78, 5) is 14.9. The number of carbonyl (C=O) groups excluding carboxylic acids is 1. The molecule has 1 saturated heterocycles. The molecule has 2 aliphatic rings. The molecular formula is C18H26N2O. The Bertz CT molecular complexity index is 516. The Kier molecular flexibility index (Phi) is 4.18. The fourth-order valence-corrected chi connectivity index (χ4v) is 3.63. The van der Waals surface area contributed by atoms with Gasteiger partial charge in [0.15, 0.2) is 0 Å². The molecule has 0 spiro atoms. The summed E-state index contributed by atoms with van der Waals surface area (Å²) in [6.07, 6.45) is 4.53. The molecule has 1 aromatic rings. The Morgan fingerprint density at radius 3 is 2.76 bits per heavy atom. The third kappa shape index (κ3) is 2.92. The number of fused-ring (bicyclic) bond motifs is 1. The van der Waals surface area contributed by atoms with E-state index in [0.29, 0.717) is 0 Å². The summed E-state index contributed by atoms with van der Waals surface area (Å²) in [7, 11) is 0. The first-order chi connectivity index (χ1) is 10.2. The topological polar surface area (TPSA) is 32.3 Å². The lowest BCUT2D eigenvalue weighted by molar-refractivity contribution is 0.0668. The van der Waals surface area contributed by atoms with Crippen LogP contribution in [0.3, 0.4) is 0 Å². The van der Waals surface area contributed by atoms with Crippen LogP contribution in [0.1, 0.15) is 49.0 Å². The second-order valence-electron chi connectivity index (χ2n) is 6.74. The van der Waals surface area contributed by atoms with Crippen molar-refractivity contribution in [1.29, 1.82) is 0 Å². The van der Waals surface area contributed by atoms with E-state index in [1.807, 2.05) is 17.0 Å². The van der Waals surface area contributed by atoms with Crippen molar-refractivity contribution in [3.05, 3.63) is 29.3 Å². The van der Waals surface area contributed by atoms with Gasteiger partial charge < -0.3 is 10.2 Å². The van der Waals surface area contributed by atoms with Gasteiger partial charge >= 0.3 is 0 Å². The largest absolute Gasteiger partial charge is 0.384 e. The van der Waals surface area contributed by atoms with Crippen LogP contribution in [0.15, 0.2) is 18.2 Å². The number of aryl methyl sites for hydroxylation is 1. The number of likely N-dealkylation sites (tertiary alicyclic amines) is 1. The summed E-state index contributed by atoms with van der Waals surface area (Å²) < 4.78 is 0. The predicted octanol–water partition coefficient (Wildman–Crippen LogP) is 3.55. The van der Waals surface area contributed by atoms with Gasteiger partial charge in [-0.15, -0.1) is 0 Å². The average molecular weight is 286 g/mol. The number of piperidine rings is 1. The summed E-state index contributed by atoms with van der Waals surface area (Å²) in [5.41, 5.74) is 3.25. The maximum atomic E-state index is 12.8. The number of rotatable bonds is 2. The third-order valence-corrected chi connectivity index (χ3v) is 5.08. The molecule has 3 heteroatoms. The minimum atomic E-state index is 0.212. The van der Waals surface area contributed by atoms with Crippen molar-refractivity contribution >= 4 is 11.6 Å². The Balaban J connectivity index is 1.75. The van der Waals surface area contributed by atoms with Crippen LogP contribution in [0.4, 0.5) is 5.69 Å². The first-order valence-electron chi connectivity index (χ1n) is 8.32. The smallest absolute Gasteiger partial charge is 0.255 e. The van der Waals surface area contributed by atoms with Crippen LogP contribution in [0.2, 0.25) is 0 Å². The summed E-state index contributed by atoms with van der Waals surface area (Å²) in [6, 6.07) is 6.15. The molecule has 3 nitrogen and oxygen atoms in total. The third-order valence-electron chi connectivity index (χ3n) is 5.08. The lowest BCUT2D eigenvalue weighted by Gasteiger charge is -2.34. The van der Waals surface area contributed by atoms with Crippen molar-refractivity contribution in [1.82, 2.24) is 4.90 Å². The van der Waals surface area contributed by atoms with Crippen molar-refractivity contribution < 1.29 is 4.79 Å². The van der Waals surface area contributed by atoms with E-state index in [4.69, 9.17) is 0 Å². The van der Waals surface area contributed by atoms with Gasteiger partial charge in [-0.1, -0.05) is 26.0 Å². The van der Waals surface area contributed by atoms with Gasteiger partial charge in [0.25, 0.3) is 5.91 Å². The minimum Gasteiger partial charge on any atom is -0.384 e. The fourth-order valence-electron chi connectivity index (χ4n) is 3.63. The highest BCUT2D eigenvalue weighted by molar-refractivity contribution is 6.00. The Morgan fingerprint density at radius 2 is 2.05 bits per heavy atom. The van der Waals surface area contributed by atoms with Crippen LogP contribution in [0.25, 0.3) is 0 Å². The number of nitrogens with one attached hydrogen (secondary N) is 1. The van der Waals surface area contributed by atoms with E-state index in [2.05, 4.69) is 25.2 Å². The second kappa shape index (κ2) is 6.08. The number of carbonyl (C=O) groups is 1. The standard InChI is InChI=1S/C18H26N2O/c1-13(2)14-8-11-20(12-9-14)18(21)16-7-3-5-15-6-4-10-19-17(15)16/h3,5,7,13-14,19H,4,6,8-12H2,1-2H3. The molecule has 21 heavy (non-hydrogen) atoms. The van der Waals surface area contributed by atoms with Crippen LogP contribution in [-0.2, 0) is 6.42 Å². The lowest BCUT2D eigenvalue weighted by Crippen LogP contribution is -2.40. The van der Waals surface area contributed by atoms with E-state index < -0.39 is 0 Å². The number of para-hydroxylation sites is 1. The van der Waals surface area contributed by atoms with Gasteiger partial charge in [0.2, 0.25) is 0 Å². The van der Waals surface area contributed by atoms with E-state index >= 15 is 0 Å². The molecule has 0 aliphatic carbocycles. The van der Waals surface area contributed by atoms with Crippen LogP contribution in [0, 0.1) is 11.8 Å². The van der Waals surface area contributed by atoms with Gasteiger partial charge in [-0.25, -0.2) is 0 Å². The summed E-state index contributed by atoms with van der Waals surface area (Å²) in [5, 5.41) is 3.43. The van der Waals surface area contributed by atoms with Crippen molar-refractivity contribution in [3.63, 3.8) is 0 Å². The molecule has 0 aromatic heterocycles. The normalized spacial score (nSPS) is 19.3. The van der Waals surface area contributed by atoms with Crippen LogP contribution in [0.5, 0.6) is 0 Å². The molecule has 0 bridgehead atoms. The van der Waals surface area contributed by atoms with Crippen molar-refractivity contribution in [2.24, 2.45) is 11.8 Å². The highest BCUT2D eigenvalue weighted by Gasteiger charge is 2.27. The van der Waals surface area contributed by atoms with Crippen molar-refractivity contribution in [2.75, 3.05) is 25.0 Å². The number of hydrogen-bond donors (Lipinski definition) is 1. The maximum Gasteiger partial charge on any atom is 0.255 e. The second-order valence-corrected chi connectivity index (χ2v) is 6.74. The summed E-state index contributed by atoms with van der Waals surface area (Å²) in [6.45, 7) is 7.38. The average Bonchev–Trinajstić information content (AvgIpc) is 2.53. The monoisotopic (exact) mass is 286 g/mol. The predicted molar refractivity (Wildman–Crippen MR) is 86.7 cm³/mol. The molecule has 0 radical (unpaired) electrons. The summed E-state index contributed by atoms with van der Waals surface area (Å²) in [5.74, 6) is 1.72. The lowest BCUT2D eigenvalue weighted by atomic mass is 9.86. The molecule has 1 N–H and O–H groups in total. The van der Waals surface area contributed by atoms with Crippen LogP contribution in [-0.4, -0.2) is 30.4 Å². The molecule has 2 aliphatic heterocycles. The maximum absolute atomic E-state index is 12.8. The molecule has 0 atom stereocenters. The van der Waals surface area contributed by atoms with Crippen LogP contribution < -0.4 is 5.32 Å². The van der Waals surface area contributed by atoms with Gasteiger partial charge in [0.1, 0.15) is 0 Å². The molecule has 2 heterocycles. The van der Waals surface area contributed by atoms with E-state index in [9.17, 15) is 4.79 Å². The molecule has 0 saturated carbocycles. The van der Waals surface area contributed by atoms with E-state index in [-0.39, 0.29) is 5.91 Å². The van der Waals surface area contributed by atoms with E-state index in [1.54, 1.807) is 0 Å². The number of amides is 1. The first kappa shape index (κ1) is 14.4. The van der Waals surface area contributed by atoms with Gasteiger partial charge in [0.05, 0.1) is 11.3 Å². The molecular weight excluding hydrogens is 260 g/mol. The molecule has 0 unspecified atom stereocenters. The molecule has 3 rings (SSSR count). The Morgan fingerprint density at radius 1 is 1.29 bits per heavy atom. The first-order valence-corrected chi connectivity index (χ1v) is 8.32. The quantitative estimate of drug-likeness (QED) is 0.901. The van der Waals surface area contributed by atoms with Crippen molar-refractivity contribution in [2.45, 2.75) is 39.5 Å².